The quantitative estimate of drug-likeness (QED) is 0.129. The predicted molar refractivity (Wildman–Crippen MR) is 136 cm³/mol. The second-order valence-corrected chi connectivity index (χ2v) is 9.91. The maximum absolute atomic E-state index is 11.5. The molecule has 2 rings (SSSR count). The van der Waals surface area contributed by atoms with Crippen LogP contribution < -0.4 is 0 Å². The molecule has 0 N–H and O–H groups in total. The first kappa shape index (κ1) is 27.1. The van der Waals surface area contributed by atoms with Crippen molar-refractivity contribution in [3.8, 4) is 0 Å². The number of carbonyl (C=O) groups excluding carboxylic acids is 2. The van der Waals surface area contributed by atoms with Crippen LogP contribution in [0.25, 0.3) is 0 Å². The van der Waals surface area contributed by atoms with Crippen LogP contribution in [0.1, 0.15) is 6.92 Å². The van der Waals surface area contributed by atoms with Crippen molar-refractivity contribution in [1.82, 2.24) is 0 Å². The molecule has 0 aliphatic rings. The van der Waals surface area contributed by atoms with Crippen molar-refractivity contribution in [3.05, 3.63) is 73.8 Å². The minimum atomic E-state index is -0.437. The monoisotopic (exact) mass is 504 g/mol. The van der Waals surface area contributed by atoms with Crippen LogP contribution in [0.3, 0.4) is 0 Å². The SMILES string of the molecule is C=CC(=O)OCCSc1ccc(Sc2ccc(SCC(COCC)OC(=O)C=C)cc2)cc1. The minimum Gasteiger partial charge on any atom is -0.462 e. The highest BCUT2D eigenvalue weighted by Gasteiger charge is 2.13. The number of carbonyl (C=O) groups is 2. The van der Waals surface area contributed by atoms with Gasteiger partial charge in [-0.3, -0.25) is 0 Å². The van der Waals surface area contributed by atoms with Crippen molar-refractivity contribution in [1.29, 1.82) is 0 Å². The summed E-state index contributed by atoms with van der Waals surface area (Å²) in [6.07, 6.45) is 2.02. The van der Waals surface area contributed by atoms with Crippen LogP contribution in [0.4, 0.5) is 0 Å². The van der Waals surface area contributed by atoms with E-state index < -0.39 is 11.9 Å². The third-order valence-electron chi connectivity index (χ3n) is 4.04. The van der Waals surface area contributed by atoms with Gasteiger partial charge in [-0.1, -0.05) is 24.9 Å². The molecule has 0 amide bonds. The van der Waals surface area contributed by atoms with Crippen LogP contribution >= 0.6 is 35.3 Å². The summed E-state index contributed by atoms with van der Waals surface area (Å²) in [7, 11) is 0. The zero-order chi connectivity index (χ0) is 23.9. The maximum atomic E-state index is 11.5. The number of hydrogen-bond donors (Lipinski definition) is 0. The van der Waals surface area contributed by atoms with Crippen molar-refractivity contribution >= 4 is 47.2 Å². The van der Waals surface area contributed by atoms with E-state index in [1.54, 1.807) is 35.3 Å². The molecule has 5 nitrogen and oxygen atoms in total. The molecule has 1 unspecified atom stereocenters. The van der Waals surface area contributed by atoms with Gasteiger partial charge < -0.3 is 14.2 Å². The zero-order valence-electron chi connectivity index (χ0n) is 18.6. The lowest BCUT2D eigenvalue weighted by molar-refractivity contribution is -0.144. The van der Waals surface area contributed by atoms with Gasteiger partial charge in [0, 0.05) is 49.8 Å². The standard InChI is InChI=1S/C25H28O5S3/c1-4-24(26)29-15-16-31-20-7-11-22(12-8-20)33-23-13-9-21(10-14-23)32-18-19(17-28-6-3)30-25(27)5-2/h4-5,7-14,19H,1-2,6,15-18H2,3H3. The predicted octanol–water partition coefficient (Wildman–Crippen LogP) is 5.89. The van der Waals surface area contributed by atoms with Crippen molar-refractivity contribution < 1.29 is 23.8 Å². The molecular weight excluding hydrogens is 476 g/mol. The van der Waals surface area contributed by atoms with Crippen molar-refractivity contribution in [2.45, 2.75) is 32.6 Å². The molecule has 0 aliphatic carbocycles. The molecule has 0 heterocycles. The fraction of sp³-hybridized carbons (Fsp3) is 0.280. The number of esters is 2. The Bertz CT molecular complexity index is 897. The molecular formula is C25H28O5S3. The summed E-state index contributed by atoms with van der Waals surface area (Å²) < 4.78 is 15.7. The molecule has 0 fully saturated rings. The highest BCUT2D eigenvalue weighted by molar-refractivity contribution is 8.00. The Hall–Kier alpha value is -2.13. The van der Waals surface area contributed by atoms with Crippen molar-refractivity contribution in [2.75, 3.05) is 31.3 Å². The molecule has 0 saturated carbocycles. The van der Waals surface area contributed by atoms with Crippen LogP contribution in [0, 0.1) is 0 Å². The molecule has 0 radical (unpaired) electrons. The van der Waals surface area contributed by atoms with Gasteiger partial charge in [-0.2, -0.15) is 0 Å². The lowest BCUT2D eigenvalue weighted by Gasteiger charge is -2.16. The molecule has 0 aromatic heterocycles. The second kappa shape index (κ2) is 15.7. The van der Waals surface area contributed by atoms with Crippen LogP contribution in [0.2, 0.25) is 0 Å². The van der Waals surface area contributed by atoms with Gasteiger partial charge in [-0.05, 0) is 55.5 Å². The average molecular weight is 505 g/mol. The Morgan fingerprint density at radius 3 is 1.97 bits per heavy atom. The lowest BCUT2D eigenvalue weighted by atomic mass is 10.4. The zero-order valence-corrected chi connectivity index (χ0v) is 21.0. The van der Waals surface area contributed by atoms with Crippen molar-refractivity contribution in [3.63, 3.8) is 0 Å². The van der Waals surface area contributed by atoms with Crippen molar-refractivity contribution in [2.24, 2.45) is 0 Å². The van der Waals surface area contributed by atoms with Crippen LogP contribution in [-0.2, 0) is 23.8 Å². The summed E-state index contributed by atoms with van der Waals surface area (Å²) in [4.78, 5) is 27.0. The second-order valence-electron chi connectivity index (χ2n) is 6.50. The smallest absolute Gasteiger partial charge is 0.330 e. The number of hydrogen-bond acceptors (Lipinski definition) is 8. The third-order valence-corrected chi connectivity index (χ3v) is 7.18. The molecule has 176 valence electrons. The van der Waals surface area contributed by atoms with Crippen LogP contribution in [-0.4, -0.2) is 49.4 Å². The first-order chi connectivity index (χ1) is 16.0. The molecule has 2 aromatic carbocycles. The van der Waals surface area contributed by atoms with E-state index >= 15 is 0 Å². The average Bonchev–Trinajstić information content (AvgIpc) is 2.85. The van der Waals surface area contributed by atoms with Gasteiger partial charge in [0.1, 0.15) is 12.7 Å². The molecule has 0 spiro atoms. The summed E-state index contributed by atoms with van der Waals surface area (Å²) in [5.41, 5.74) is 0. The number of thioether (sulfide) groups is 2. The lowest BCUT2D eigenvalue weighted by Crippen LogP contribution is -2.25. The van der Waals surface area contributed by atoms with Gasteiger partial charge in [-0.15, -0.1) is 23.5 Å². The molecule has 1 atom stereocenters. The molecule has 8 heteroatoms. The van der Waals surface area contributed by atoms with E-state index in [1.165, 1.54) is 12.2 Å². The Balaban J connectivity index is 1.80. The van der Waals surface area contributed by atoms with E-state index in [0.717, 1.165) is 19.6 Å². The van der Waals surface area contributed by atoms with Crippen LogP contribution in [0.5, 0.6) is 0 Å². The van der Waals surface area contributed by atoms with Gasteiger partial charge >= 0.3 is 11.9 Å². The Morgan fingerprint density at radius 1 is 0.879 bits per heavy atom. The summed E-state index contributed by atoms with van der Waals surface area (Å²) in [5, 5.41) is 0. The van der Waals surface area contributed by atoms with E-state index in [2.05, 4.69) is 61.7 Å². The normalized spacial score (nSPS) is 11.4. The highest BCUT2D eigenvalue weighted by Crippen LogP contribution is 2.31. The topological polar surface area (TPSA) is 61.8 Å². The first-order valence-corrected chi connectivity index (χ1v) is 13.2. The van der Waals surface area contributed by atoms with E-state index in [4.69, 9.17) is 14.2 Å². The van der Waals surface area contributed by atoms with Gasteiger partial charge in [0.05, 0.1) is 6.61 Å². The minimum absolute atomic E-state index is 0.320. The first-order valence-electron chi connectivity index (χ1n) is 10.4. The molecule has 0 saturated heterocycles. The number of rotatable bonds is 15. The van der Waals surface area contributed by atoms with Crippen LogP contribution in [0.15, 0.2) is 93.4 Å². The number of benzene rings is 2. The Labute approximate surface area is 208 Å². The summed E-state index contributed by atoms with van der Waals surface area (Å²) in [6, 6.07) is 16.6. The highest BCUT2D eigenvalue weighted by atomic mass is 32.2. The summed E-state index contributed by atoms with van der Waals surface area (Å²) >= 11 is 4.95. The summed E-state index contributed by atoms with van der Waals surface area (Å²) in [6.45, 7) is 10.0. The fourth-order valence-electron chi connectivity index (χ4n) is 2.47. The molecule has 0 bridgehead atoms. The molecule has 0 aliphatic heterocycles. The summed E-state index contributed by atoms with van der Waals surface area (Å²) in [5.74, 6) is 0.474. The Morgan fingerprint density at radius 2 is 1.42 bits per heavy atom. The number of ether oxygens (including phenoxy) is 3. The van der Waals surface area contributed by atoms with E-state index in [9.17, 15) is 9.59 Å². The van der Waals surface area contributed by atoms with E-state index in [0.29, 0.717) is 31.3 Å². The van der Waals surface area contributed by atoms with Gasteiger partial charge in [0.15, 0.2) is 0 Å². The Kier molecular flexibility index (Phi) is 12.9. The maximum Gasteiger partial charge on any atom is 0.330 e. The fourth-order valence-corrected chi connectivity index (χ4v) is 4.89. The third kappa shape index (κ3) is 11.0. The molecule has 33 heavy (non-hydrogen) atoms. The van der Waals surface area contributed by atoms with E-state index in [-0.39, 0.29) is 6.10 Å². The largest absolute Gasteiger partial charge is 0.462 e. The van der Waals surface area contributed by atoms with Gasteiger partial charge in [0.2, 0.25) is 0 Å². The molecule has 2 aromatic rings. The van der Waals surface area contributed by atoms with E-state index in [1.807, 2.05) is 6.92 Å². The van der Waals surface area contributed by atoms with Gasteiger partial charge in [-0.25, -0.2) is 9.59 Å². The van der Waals surface area contributed by atoms with Gasteiger partial charge in [0.25, 0.3) is 0 Å².